The summed E-state index contributed by atoms with van der Waals surface area (Å²) in [6, 6.07) is 11.0. The predicted octanol–water partition coefficient (Wildman–Crippen LogP) is 2.86. The van der Waals surface area contributed by atoms with Crippen LogP contribution in [0.25, 0.3) is 0 Å². The number of benzene rings is 1. The van der Waals surface area contributed by atoms with Crippen LogP contribution in [-0.4, -0.2) is 22.4 Å². The molecule has 0 bridgehead atoms. The lowest BCUT2D eigenvalue weighted by molar-refractivity contribution is 0.570. The van der Waals surface area contributed by atoms with Gasteiger partial charge in [-0.3, -0.25) is 4.68 Å². The van der Waals surface area contributed by atoms with Crippen LogP contribution >= 0.6 is 0 Å². The first-order valence-corrected chi connectivity index (χ1v) is 7.02. The smallest absolute Gasteiger partial charge is 0.0659 e. The largest absolute Gasteiger partial charge is 0.315 e. The molecule has 1 heterocycles. The van der Waals surface area contributed by atoms with E-state index in [1.165, 1.54) is 11.1 Å². The molecule has 3 heteroatoms. The van der Waals surface area contributed by atoms with E-state index < -0.39 is 0 Å². The van der Waals surface area contributed by atoms with E-state index in [4.69, 9.17) is 0 Å². The molecular weight excluding hydrogens is 234 g/mol. The topological polar surface area (TPSA) is 29.9 Å². The molecule has 3 nitrogen and oxygen atoms in total. The van der Waals surface area contributed by atoms with E-state index in [0.717, 1.165) is 25.9 Å². The summed E-state index contributed by atoms with van der Waals surface area (Å²) in [4.78, 5) is 0. The maximum absolute atomic E-state index is 4.42. The molecule has 0 aliphatic rings. The molecule has 0 aliphatic carbocycles. The Bertz CT molecular complexity index is 474. The third kappa shape index (κ3) is 4.87. The van der Waals surface area contributed by atoms with Gasteiger partial charge in [0.05, 0.1) is 12.7 Å². The lowest BCUT2D eigenvalue weighted by Crippen LogP contribution is -2.23. The zero-order valence-electron chi connectivity index (χ0n) is 11.8. The Morgan fingerprint density at radius 1 is 1.16 bits per heavy atom. The van der Waals surface area contributed by atoms with Gasteiger partial charge in [0, 0.05) is 12.2 Å². The molecule has 19 heavy (non-hydrogen) atoms. The summed E-state index contributed by atoms with van der Waals surface area (Å²) in [7, 11) is 0. The van der Waals surface area contributed by atoms with Crippen LogP contribution in [0.2, 0.25) is 0 Å². The van der Waals surface area contributed by atoms with Crippen molar-refractivity contribution in [2.45, 2.75) is 39.3 Å². The van der Waals surface area contributed by atoms with Gasteiger partial charge < -0.3 is 5.32 Å². The fourth-order valence-electron chi connectivity index (χ4n) is 2.08. The second-order valence-electron chi connectivity index (χ2n) is 5.24. The molecule has 1 aromatic heterocycles. The Balaban J connectivity index is 1.79. The summed E-state index contributed by atoms with van der Waals surface area (Å²) < 4.78 is 2.01. The molecule has 0 spiro atoms. The summed E-state index contributed by atoms with van der Waals surface area (Å²) in [5, 5.41) is 7.86. The van der Waals surface area contributed by atoms with E-state index >= 15 is 0 Å². The number of hydrogen-bond donors (Lipinski definition) is 1. The van der Waals surface area contributed by atoms with Crippen molar-refractivity contribution in [1.29, 1.82) is 0 Å². The highest BCUT2D eigenvalue weighted by Gasteiger charge is 2.00. The molecule has 1 aromatic carbocycles. The highest BCUT2D eigenvalue weighted by molar-refractivity contribution is 5.15. The van der Waals surface area contributed by atoms with Gasteiger partial charge in [-0.1, -0.05) is 44.2 Å². The summed E-state index contributed by atoms with van der Waals surface area (Å²) in [5.74, 6) is 0. The van der Waals surface area contributed by atoms with E-state index in [0.29, 0.717) is 6.04 Å². The molecule has 0 saturated heterocycles. The Kier molecular flexibility index (Phi) is 5.16. The van der Waals surface area contributed by atoms with Gasteiger partial charge in [0.15, 0.2) is 0 Å². The molecular formula is C16H23N3. The van der Waals surface area contributed by atoms with Crippen molar-refractivity contribution in [2.24, 2.45) is 0 Å². The summed E-state index contributed by atoms with van der Waals surface area (Å²) >= 11 is 0. The van der Waals surface area contributed by atoms with Gasteiger partial charge in [-0.15, -0.1) is 0 Å². The van der Waals surface area contributed by atoms with E-state index in [1.54, 1.807) is 0 Å². The van der Waals surface area contributed by atoms with Crippen molar-refractivity contribution in [2.75, 3.05) is 6.54 Å². The van der Waals surface area contributed by atoms with Gasteiger partial charge in [0.25, 0.3) is 0 Å². The van der Waals surface area contributed by atoms with Gasteiger partial charge in [-0.25, -0.2) is 0 Å². The van der Waals surface area contributed by atoms with E-state index in [9.17, 15) is 0 Å². The second-order valence-corrected chi connectivity index (χ2v) is 5.24. The van der Waals surface area contributed by atoms with E-state index in [1.807, 2.05) is 16.9 Å². The normalized spacial score (nSPS) is 11.1. The Morgan fingerprint density at radius 2 is 1.95 bits per heavy atom. The number of rotatable bonds is 7. The van der Waals surface area contributed by atoms with Crippen molar-refractivity contribution in [3.8, 4) is 0 Å². The standard InChI is InChI=1S/C16H23N3/c1-14(2)17-10-6-9-16-11-18-19(13-16)12-15-7-4-3-5-8-15/h3-5,7-8,11,13-14,17H,6,9-10,12H2,1-2H3. The van der Waals surface area contributed by atoms with Crippen molar-refractivity contribution >= 4 is 0 Å². The highest BCUT2D eigenvalue weighted by atomic mass is 15.3. The Hall–Kier alpha value is -1.61. The minimum absolute atomic E-state index is 0.570. The average molecular weight is 257 g/mol. The molecule has 102 valence electrons. The van der Waals surface area contributed by atoms with Crippen LogP contribution in [0.15, 0.2) is 42.7 Å². The molecule has 0 radical (unpaired) electrons. The van der Waals surface area contributed by atoms with Crippen LogP contribution in [0.4, 0.5) is 0 Å². The highest BCUT2D eigenvalue weighted by Crippen LogP contribution is 2.05. The first-order valence-electron chi connectivity index (χ1n) is 7.02. The minimum atomic E-state index is 0.570. The fourth-order valence-corrected chi connectivity index (χ4v) is 2.08. The van der Waals surface area contributed by atoms with Crippen LogP contribution in [0.5, 0.6) is 0 Å². The van der Waals surface area contributed by atoms with Crippen LogP contribution in [0.1, 0.15) is 31.4 Å². The Morgan fingerprint density at radius 3 is 2.68 bits per heavy atom. The average Bonchev–Trinajstić information content (AvgIpc) is 2.83. The molecule has 1 N–H and O–H groups in total. The first-order chi connectivity index (χ1) is 9.24. The molecule has 0 amide bonds. The number of aryl methyl sites for hydroxylation is 1. The first kappa shape index (κ1) is 13.8. The maximum atomic E-state index is 4.42. The van der Waals surface area contributed by atoms with Crippen LogP contribution < -0.4 is 5.32 Å². The molecule has 0 saturated carbocycles. The SMILES string of the molecule is CC(C)NCCCc1cnn(Cc2ccccc2)c1. The van der Waals surface area contributed by atoms with Crippen molar-refractivity contribution < 1.29 is 0 Å². The quantitative estimate of drug-likeness (QED) is 0.773. The predicted molar refractivity (Wildman–Crippen MR) is 79.2 cm³/mol. The van der Waals surface area contributed by atoms with Gasteiger partial charge in [0.2, 0.25) is 0 Å². The molecule has 0 unspecified atom stereocenters. The Labute approximate surface area is 115 Å². The van der Waals surface area contributed by atoms with Gasteiger partial charge >= 0.3 is 0 Å². The fraction of sp³-hybridized carbons (Fsp3) is 0.438. The van der Waals surface area contributed by atoms with Gasteiger partial charge in [-0.05, 0) is 30.5 Å². The molecule has 0 atom stereocenters. The monoisotopic (exact) mass is 257 g/mol. The third-order valence-corrected chi connectivity index (χ3v) is 3.07. The maximum Gasteiger partial charge on any atom is 0.0659 e. The lowest BCUT2D eigenvalue weighted by Gasteiger charge is -2.06. The number of aromatic nitrogens is 2. The molecule has 0 fully saturated rings. The molecule has 2 aromatic rings. The summed E-state index contributed by atoms with van der Waals surface area (Å²) in [6.07, 6.45) is 6.39. The van der Waals surface area contributed by atoms with Crippen LogP contribution in [-0.2, 0) is 13.0 Å². The number of nitrogens with zero attached hydrogens (tertiary/aromatic N) is 2. The second kappa shape index (κ2) is 7.10. The zero-order chi connectivity index (χ0) is 13.5. The van der Waals surface area contributed by atoms with Gasteiger partial charge in [-0.2, -0.15) is 5.10 Å². The number of hydrogen-bond acceptors (Lipinski definition) is 2. The van der Waals surface area contributed by atoms with E-state index in [2.05, 4.69) is 54.7 Å². The van der Waals surface area contributed by atoms with Crippen molar-refractivity contribution in [3.63, 3.8) is 0 Å². The van der Waals surface area contributed by atoms with Crippen molar-refractivity contribution in [3.05, 3.63) is 53.9 Å². The minimum Gasteiger partial charge on any atom is -0.315 e. The lowest BCUT2D eigenvalue weighted by atomic mass is 10.2. The summed E-state index contributed by atoms with van der Waals surface area (Å²) in [6.45, 7) is 6.28. The van der Waals surface area contributed by atoms with Crippen LogP contribution in [0.3, 0.4) is 0 Å². The van der Waals surface area contributed by atoms with E-state index in [-0.39, 0.29) is 0 Å². The third-order valence-electron chi connectivity index (χ3n) is 3.07. The van der Waals surface area contributed by atoms with Crippen molar-refractivity contribution in [1.82, 2.24) is 15.1 Å². The number of nitrogens with one attached hydrogen (secondary N) is 1. The summed E-state index contributed by atoms with van der Waals surface area (Å²) in [5.41, 5.74) is 2.61. The molecule has 0 aliphatic heterocycles. The molecule has 2 rings (SSSR count). The van der Waals surface area contributed by atoms with Crippen LogP contribution in [0, 0.1) is 0 Å². The zero-order valence-corrected chi connectivity index (χ0v) is 11.8. The van der Waals surface area contributed by atoms with Gasteiger partial charge in [0.1, 0.15) is 0 Å².